The lowest BCUT2D eigenvalue weighted by Crippen LogP contribution is -2.47. The number of fused-ring (bicyclic) bond motifs is 3. The lowest BCUT2D eigenvalue weighted by molar-refractivity contribution is -0.144. The van der Waals surface area contributed by atoms with Gasteiger partial charge in [0.2, 0.25) is 5.91 Å². The van der Waals surface area contributed by atoms with Crippen LogP contribution in [0.2, 0.25) is 0 Å². The van der Waals surface area contributed by atoms with Crippen LogP contribution in [0.15, 0.2) is 48.7 Å². The number of nitrogens with two attached hydrogens (primary N) is 1. The predicted molar refractivity (Wildman–Crippen MR) is 122 cm³/mol. The monoisotopic (exact) mass is 446 g/mol. The highest BCUT2D eigenvalue weighted by Gasteiger charge is 2.36. The molecular formula is C24H23FN6O2. The third kappa shape index (κ3) is 3.75. The molecule has 2 N–H and O–H groups in total. The van der Waals surface area contributed by atoms with E-state index in [4.69, 9.17) is 5.73 Å². The van der Waals surface area contributed by atoms with Gasteiger partial charge in [0.15, 0.2) is 0 Å². The van der Waals surface area contributed by atoms with Gasteiger partial charge < -0.3 is 5.73 Å². The van der Waals surface area contributed by atoms with E-state index in [2.05, 4.69) is 10.1 Å². The van der Waals surface area contributed by atoms with E-state index < -0.39 is 0 Å². The summed E-state index contributed by atoms with van der Waals surface area (Å²) in [6, 6.07) is 11.1. The van der Waals surface area contributed by atoms with Gasteiger partial charge in [-0.2, -0.15) is 5.10 Å². The zero-order valence-electron chi connectivity index (χ0n) is 18.3. The summed E-state index contributed by atoms with van der Waals surface area (Å²) in [5.41, 5.74) is 8.61. The fraction of sp³-hybridized carbons (Fsp3) is 0.250. The number of nitrogen functional groups attached to an aromatic ring is 1. The van der Waals surface area contributed by atoms with Gasteiger partial charge in [-0.15, -0.1) is 0 Å². The number of benzene rings is 2. The molecule has 0 bridgehead atoms. The van der Waals surface area contributed by atoms with Crippen LogP contribution in [-0.4, -0.2) is 43.6 Å². The summed E-state index contributed by atoms with van der Waals surface area (Å²) in [4.78, 5) is 30.9. The summed E-state index contributed by atoms with van der Waals surface area (Å²) in [5, 5.41) is 8.51. The van der Waals surface area contributed by atoms with E-state index in [0.717, 1.165) is 23.7 Å². The van der Waals surface area contributed by atoms with E-state index in [9.17, 15) is 14.0 Å². The topological polar surface area (TPSA) is 97.3 Å². The van der Waals surface area contributed by atoms with Crippen molar-refractivity contribution in [2.75, 3.05) is 12.8 Å². The molecule has 9 heteroatoms. The minimum Gasteiger partial charge on any atom is -0.383 e. The number of hydrogen-bond acceptors (Lipinski definition) is 5. The van der Waals surface area contributed by atoms with Crippen molar-refractivity contribution in [3.05, 3.63) is 65.6 Å². The molecule has 8 nitrogen and oxygen atoms in total. The molecule has 33 heavy (non-hydrogen) atoms. The van der Waals surface area contributed by atoms with Crippen LogP contribution in [0.3, 0.4) is 0 Å². The van der Waals surface area contributed by atoms with E-state index in [0.29, 0.717) is 27.8 Å². The summed E-state index contributed by atoms with van der Waals surface area (Å²) in [7, 11) is 3.41. The molecule has 0 aliphatic heterocycles. The first-order valence-corrected chi connectivity index (χ1v) is 10.7. The number of aromatic nitrogens is 3. The fourth-order valence-corrected chi connectivity index (χ4v) is 4.03. The number of carbonyl (C=O) groups is 2. The fourth-order valence-electron chi connectivity index (χ4n) is 4.03. The molecule has 2 aromatic heterocycles. The second-order valence-corrected chi connectivity index (χ2v) is 8.38. The Morgan fingerprint density at radius 2 is 1.88 bits per heavy atom. The van der Waals surface area contributed by atoms with E-state index >= 15 is 0 Å². The minimum absolute atomic E-state index is 0.0589. The van der Waals surface area contributed by atoms with Gasteiger partial charge in [-0.1, -0.05) is 12.1 Å². The largest absolute Gasteiger partial charge is 0.383 e. The third-order valence-electron chi connectivity index (χ3n) is 6.04. The van der Waals surface area contributed by atoms with E-state index in [-0.39, 0.29) is 30.1 Å². The molecule has 1 aliphatic rings. The van der Waals surface area contributed by atoms with Crippen LogP contribution in [-0.2, 0) is 18.4 Å². The van der Waals surface area contributed by atoms with Gasteiger partial charge in [-0.05, 0) is 48.7 Å². The van der Waals surface area contributed by atoms with Crippen LogP contribution in [0.1, 0.15) is 28.8 Å². The molecule has 0 atom stereocenters. The number of carbonyl (C=O) groups excluding carboxylic acids is 2. The number of nitrogens with zero attached hydrogens (tertiary/aromatic N) is 5. The average Bonchev–Trinajstić information content (AvgIpc) is 3.59. The van der Waals surface area contributed by atoms with Crippen LogP contribution in [0.5, 0.6) is 0 Å². The maximum absolute atomic E-state index is 13.7. The number of hydrazine groups is 1. The van der Waals surface area contributed by atoms with Gasteiger partial charge in [0.05, 0.1) is 29.2 Å². The number of aryl methyl sites for hydroxylation is 1. The number of halogens is 1. The molecule has 0 radical (unpaired) electrons. The molecule has 2 amide bonds. The molecule has 168 valence electrons. The lowest BCUT2D eigenvalue weighted by atomic mass is 10.1. The number of rotatable bonds is 4. The first kappa shape index (κ1) is 20.9. The Hall–Kier alpha value is -4.01. The van der Waals surface area contributed by atoms with Gasteiger partial charge in [0, 0.05) is 31.0 Å². The third-order valence-corrected chi connectivity index (χ3v) is 6.04. The molecule has 1 fully saturated rings. The van der Waals surface area contributed by atoms with Crippen molar-refractivity contribution in [3.63, 3.8) is 0 Å². The quantitative estimate of drug-likeness (QED) is 0.485. The van der Waals surface area contributed by atoms with Gasteiger partial charge in [-0.25, -0.2) is 14.4 Å². The van der Waals surface area contributed by atoms with Crippen LogP contribution in [0.25, 0.3) is 21.8 Å². The summed E-state index contributed by atoms with van der Waals surface area (Å²) in [6.45, 7) is 0.132. The molecule has 1 saturated carbocycles. The lowest BCUT2D eigenvalue weighted by Gasteiger charge is -2.32. The molecular weight excluding hydrogens is 423 g/mol. The predicted octanol–water partition coefficient (Wildman–Crippen LogP) is 3.27. The number of anilines is 1. The number of pyridine rings is 1. The molecule has 0 unspecified atom stereocenters. The highest BCUT2D eigenvalue weighted by molar-refractivity contribution is 6.10. The molecule has 4 aromatic rings. The van der Waals surface area contributed by atoms with Crippen molar-refractivity contribution in [3.8, 4) is 0 Å². The highest BCUT2D eigenvalue weighted by atomic mass is 19.1. The zero-order chi connectivity index (χ0) is 23.3. The van der Waals surface area contributed by atoms with Gasteiger partial charge in [0.1, 0.15) is 11.6 Å². The van der Waals surface area contributed by atoms with Crippen molar-refractivity contribution in [2.45, 2.75) is 19.4 Å². The second kappa shape index (κ2) is 7.84. The van der Waals surface area contributed by atoms with E-state index in [1.54, 1.807) is 55.3 Å². The smallest absolute Gasteiger partial charge is 0.272 e. The summed E-state index contributed by atoms with van der Waals surface area (Å²) < 4.78 is 15.1. The Morgan fingerprint density at radius 3 is 2.58 bits per heavy atom. The molecule has 2 heterocycles. The van der Waals surface area contributed by atoms with Crippen molar-refractivity contribution < 1.29 is 14.0 Å². The molecule has 0 spiro atoms. The van der Waals surface area contributed by atoms with Crippen molar-refractivity contribution in [1.82, 2.24) is 24.8 Å². The first-order valence-electron chi connectivity index (χ1n) is 10.7. The minimum atomic E-state index is -0.361. The first-order chi connectivity index (χ1) is 15.8. The van der Waals surface area contributed by atoms with Crippen molar-refractivity contribution >= 4 is 39.4 Å². The Labute approximate surface area is 189 Å². The number of amides is 2. The Bertz CT molecular complexity index is 1390. The molecule has 0 saturated heterocycles. The van der Waals surface area contributed by atoms with Crippen LogP contribution >= 0.6 is 0 Å². The highest BCUT2D eigenvalue weighted by Crippen LogP contribution is 2.32. The maximum atomic E-state index is 13.7. The molecule has 2 aromatic carbocycles. The van der Waals surface area contributed by atoms with Crippen molar-refractivity contribution in [1.29, 1.82) is 0 Å². The zero-order valence-corrected chi connectivity index (χ0v) is 18.3. The van der Waals surface area contributed by atoms with E-state index in [1.165, 1.54) is 22.2 Å². The molecule has 1 aliphatic carbocycles. The second-order valence-electron chi connectivity index (χ2n) is 8.38. The summed E-state index contributed by atoms with van der Waals surface area (Å²) in [6.07, 6.45) is 3.29. The average molecular weight is 446 g/mol. The van der Waals surface area contributed by atoms with Gasteiger partial charge in [-0.3, -0.25) is 19.3 Å². The van der Waals surface area contributed by atoms with Gasteiger partial charge >= 0.3 is 0 Å². The van der Waals surface area contributed by atoms with Gasteiger partial charge in [0.25, 0.3) is 5.91 Å². The Morgan fingerprint density at radius 1 is 1.15 bits per heavy atom. The Balaban J connectivity index is 1.57. The van der Waals surface area contributed by atoms with Crippen molar-refractivity contribution in [2.24, 2.45) is 13.0 Å². The maximum Gasteiger partial charge on any atom is 0.272 e. The normalized spacial score (nSPS) is 13.4. The summed E-state index contributed by atoms with van der Waals surface area (Å²) in [5.74, 6) is -0.492. The van der Waals surface area contributed by atoms with E-state index in [1.807, 2.05) is 0 Å². The Kier molecular flexibility index (Phi) is 4.96. The van der Waals surface area contributed by atoms with Crippen LogP contribution in [0.4, 0.5) is 10.2 Å². The SMILES string of the molecule is CN(C(=O)C1CC1)N(Cc1ccc(F)cc1)C(=O)c1ccc2nc(N)c3cnn(C)c3c2c1. The van der Waals surface area contributed by atoms with Crippen LogP contribution < -0.4 is 5.73 Å². The standard InChI is InChI=1S/C24H23FN6O2/c1-29-21-18-11-16(7-10-20(18)28-22(26)19(21)12-27-29)24(33)31(30(2)23(32)15-5-6-15)13-14-3-8-17(25)9-4-14/h3-4,7-12,15H,5-6,13H2,1-2H3,(H2,26,28). The molecule has 5 rings (SSSR count). The summed E-state index contributed by atoms with van der Waals surface area (Å²) >= 11 is 0. The van der Waals surface area contributed by atoms with Crippen LogP contribution in [0, 0.1) is 11.7 Å². The number of hydrogen-bond donors (Lipinski definition) is 1.